The van der Waals surface area contributed by atoms with Gasteiger partial charge in [-0.05, 0) is 54.2 Å². The van der Waals surface area contributed by atoms with E-state index in [9.17, 15) is 4.79 Å². The maximum atomic E-state index is 13.2. The van der Waals surface area contributed by atoms with Crippen molar-refractivity contribution in [2.45, 2.75) is 37.6 Å². The van der Waals surface area contributed by atoms with Crippen molar-refractivity contribution >= 4 is 10.8 Å². The van der Waals surface area contributed by atoms with Crippen LogP contribution in [0.3, 0.4) is 0 Å². The molecule has 0 N–H and O–H groups in total. The van der Waals surface area contributed by atoms with E-state index in [0.717, 1.165) is 23.6 Å². The Bertz CT molecular complexity index is 947. The van der Waals surface area contributed by atoms with Gasteiger partial charge in [-0.2, -0.15) is 0 Å². The molecule has 2 aliphatic carbocycles. The van der Waals surface area contributed by atoms with E-state index in [-0.39, 0.29) is 5.56 Å². The predicted molar refractivity (Wildman–Crippen MR) is 93.9 cm³/mol. The Morgan fingerprint density at radius 2 is 1.43 bits per heavy atom. The fourth-order valence-corrected chi connectivity index (χ4v) is 3.75. The van der Waals surface area contributed by atoms with Gasteiger partial charge in [-0.25, -0.2) is 0 Å². The summed E-state index contributed by atoms with van der Waals surface area (Å²) < 4.78 is 2.10. The van der Waals surface area contributed by atoms with E-state index >= 15 is 0 Å². The maximum Gasteiger partial charge on any atom is 0.259 e. The van der Waals surface area contributed by atoms with Crippen LogP contribution in [0.25, 0.3) is 22.0 Å². The standard InChI is InChI=1S/C21H19NO/c23-21-18-9-5-4-8-17(18)19(14-10-11-14)20(22(21)16-12-13-16)15-6-2-1-3-7-15/h1-9,14,16H,10-13H2. The molecule has 2 aliphatic rings. The molecule has 2 aromatic carbocycles. The van der Waals surface area contributed by atoms with Crippen LogP contribution >= 0.6 is 0 Å². The second-order valence-electron chi connectivity index (χ2n) is 6.85. The van der Waals surface area contributed by atoms with Crippen molar-refractivity contribution in [1.82, 2.24) is 4.57 Å². The molecule has 0 spiro atoms. The third-order valence-corrected chi connectivity index (χ3v) is 5.11. The summed E-state index contributed by atoms with van der Waals surface area (Å²) in [7, 11) is 0. The topological polar surface area (TPSA) is 22.0 Å². The highest BCUT2D eigenvalue weighted by atomic mass is 16.1. The van der Waals surface area contributed by atoms with E-state index in [1.54, 1.807) is 0 Å². The number of hydrogen-bond acceptors (Lipinski definition) is 1. The summed E-state index contributed by atoms with van der Waals surface area (Å²) in [6.07, 6.45) is 4.74. The highest BCUT2D eigenvalue weighted by Crippen LogP contribution is 2.49. The summed E-state index contributed by atoms with van der Waals surface area (Å²) in [6.45, 7) is 0. The van der Waals surface area contributed by atoms with E-state index in [2.05, 4.69) is 41.0 Å². The third kappa shape index (κ3) is 2.05. The zero-order chi connectivity index (χ0) is 15.4. The second kappa shape index (κ2) is 4.82. The highest BCUT2D eigenvalue weighted by molar-refractivity contribution is 5.91. The summed E-state index contributed by atoms with van der Waals surface area (Å²) in [5.74, 6) is 0.612. The van der Waals surface area contributed by atoms with E-state index in [4.69, 9.17) is 0 Å². The van der Waals surface area contributed by atoms with Gasteiger partial charge in [-0.3, -0.25) is 4.79 Å². The summed E-state index contributed by atoms with van der Waals surface area (Å²) >= 11 is 0. The SMILES string of the molecule is O=c1c2ccccc2c(C2CC2)c(-c2ccccc2)n1C1CC1. The zero-order valence-electron chi connectivity index (χ0n) is 13.0. The smallest absolute Gasteiger partial charge is 0.259 e. The normalized spacial score (nSPS) is 17.6. The van der Waals surface area contributed by atoms with Gasteiger partial charge >= 0.3 is 0 Å². The van der Waals surface area contributed by atoms with Gasteiger partial charge in [-0.15, -0.1) is 0 Å². The van der Waals surface area contributed by atoms with Gasteiger partial charge in [-0.1, -0.05) is 48.5 Å². The number of fused-ring (bicyclic) bond motifs is 1. The van der Waals surface area contributed by atoms with Gasteiger partial charge in [0.25, 0.3) is 5.56 Å². The number of hydrogen-bond donors (Lipinski definition) is 0. The molecule has 2 fully saturated rings. The van der Waals surface area contributed by atoms with Crippen LogP contribution in [0.2, 0.25) is 0 Å². The molecule has 0 amide bonds. The number of rotatable bonds is 3. The molecule has 0 radical (unpaired) electrons. The van der Waals surface area contributed by atoms with Crippen LogP contribution < -0.4 is 5.56 Å². The summed E-state index contributed by atoms with van der Waals surface area (Å²) in [6, 6.07) is 19.0. The zero-order valence-corrected chi connectivity index (χ0v) is 13.0. The van der Waals surface area contributed by atoms with E-state index in [1.165, 1.54) is 29.7 Å². The van der Waals surface area contributed by atoms with Crippen molar-refractivity contribution in [3.63, 3.8) is 0 Å². The molecule has 5 rings (SSSR count). The molecule has 23 heavy (non-hydrogen) atoms. The minimum Gasteiger partial charge on any atom is -0.304 e. The number of aromatic nitrogens is 1. The Morgan fingerprint density at radius 1 is 0.783 bits per heavy atom. The van der Waals surface area contributed by atoms with Crippen LogP contribution in [0.1, 0.15) is 43.2 Å². The van der Waals surface area contributed by atoms with Crippen molar-refractivity contribution in [2.75, 3.05) is 0 Å². The van der Waals surface area contributed by atoms with Crippen LogP contribution in [0.15, 0.2) is 59.4 Å². The Morgan fingerprint density at radius 3 is 2.09 bits per heavy atom. The molecule has 0 bridgehead atoms. The molecule has 114 valence electrons. The molecule has 1 aromatic heterocycles. The minimum absolute atomic E-state index is 0.186. The van der Waals surface area contributed by atoms with E-state index in [1.807, 2.05) is 18.2 Å². The lowest BCUT2D eigenvalue weighted by Gasteiger charge is -2.20. The molecule has 2 nitrogen and oxygen atoms in total. The molecule has 2 heteroatoms. The largest absolute Gasteiger partial charge is 0.304 e. The molecule has 2 saturated carbocycles. The molecule has 1 heterocycles. The molecule has 0 aliphatic heterocycles. The Hall–Kier alpha value is -2.35. The molecule has 3 aromatic rings. The number of benzene rings is 2. The van der Waals surface area contributed by atoms with Crippen LogP contribution in [0.4, 0.5) is 0 Å². The van der Waals surface area contributed by atoms with Gasteiger partial charge in [0.1, 0.15) is 0 Å². The van der Waals surface area contributed by atoms with Crippen molar-refractivity contribution in [1.29, 1.82) is 0 Å². The predicted octanol–water partition coefficient (Wildman–Crippen LogP) is 4.88. The third-order valence-electron chi connectivity index (χ3n) is 5.11. The molecule has 0 saturated heterocycles. The first-order valence-corrected chi connectivity index (χ1v) is 8.57. The first-order valence-electron chi connectivity index (χ1n) is 8.57. The van der Waals surface area contributed by atoms with Gasteiger partial charge in [0.15, 0.2) is 0 Å². The van der Waals surface area contributed by atoms with Gasteiger partial charge < -0.3 is 4.57 Å². The van der Waals surface area contributed by atoms with Crippen molar-refractivity contribution in [3.8, 4) is 11.3 Å². The van der Waals surface area contributed by atoms with Crippen molar-refractivity contribution in [3.05, 3.63) is 70.5 Å². The maximum absolute atomic E-state index is 13.2. The highest BCUT2D eigenvalue weighted by Gasteiger charge is 2.35. The lowest BCUT2D eigenvalue weighted by Crippen LogP contribution is -2.23. The van der Waals surface area contributed by atoms with Gasteiger partial charge in [0.05, 0.1) is 5.69 Å². The van der Waals surface area contributed by atoms with Gasteiger partial charge in [0, 0.05) is 11.4 Å². The minimum atomic E-state index is 0.186. The van der Waals surface area contributed by atoms with Crippen molar-refractivity contribution in [2.24, 2.45) is 0 Å². The van der Waals surface area contributed by atoms with Crippen LogP contribution in [0.5, 0.6) is 0 Å². The second-order valence-corrected chi connectivity index (χ2v) is 6.85. The Labute approximate surface area is 135 Å². The fraction of sp³-hybridized carbons (Fsp3) is 0.286. The molecular weight excluding hydrogens is 282 g/mol. The molecule has 0 atom stereocenters. The Balaban J connectivity index is 1.96. The lowest BCUT2D eigenvalue weighted by atomic mass is 9.95. The van der Waals surface area contributed by atoms with Crippen LogP contribution in [-0.4, -0.2) is 4.57 Å². The molecule has 0 unspecified atom stereocenters. The Kier molecular flexibility index (Phi) is 2.75. The summed E-state index contributed by atoms with van der Waals surface area (Å²) in [5.41, 5.74) is 3.95. The van der Waals surface area contributed by atoms with E-state index in [0.29, 0.717) is 12.0 Å². The average molecular weight is 301 g/mol. The van der Waals surface area contributed by atoms with Crippen LogP contribution in [0, 0.1) is 0 Å². The summed E-state index contributed by atoms with van der Waals surface area (Å²) in [4.78, 5) is 13.2. The first kappa shape index (κ1) is 13.1. The summed E-state index contributed by atoms with van der Waals surface area (Å²) in [5, 5.41) is 2.05. The van der Waals surface area contributed by atoms with Crippen molar-refractivity contribution < 1.29 is 0 Å². The number of nitrogens with zero attached hydrogens (tertiary/aromatic N) is 1. The number of pyridine rings is 1. The molecular formula is C21H19NO. The lowest BCUT2D eigenvalue weighted by molar-refractivity contribution is 0.716. The van der Waals surface area contributed by atoms with Crippen LogP contribution in [-0.2, 0) is 0 Å². The van der Waals surface area contributed by atoms with E-state index < -0.39 is 0 Å². The monoisotopic (exact) mass is 301 g/mol. The first-order chi connectivity index (χ1) is 11.3. The van der Waals surface area contributed by atoms with Gasteiger partial charge in [0.2, 0.25) is 0 Å². The fourth-order valence-electron chi connectivity index (χ4n) is 3.75. The average Bonchev–Trinajstić information content (AvgIpc) is 3.48. The quantitative estimate of drug-likeness (QED) is 0.675.